The second-order valence-corrected chi connectivity index (χ2v) is 4.88. The number of nitrogens with one attached hydrogen (secondary N) is 1. The van der Waals surface area contributed by atoms with Crippen molar-refractivity contribution in [3.05, 3.63) is 35.9 Å². The lowest BCUT2D eigenvalue weighted by molar-refractivity contribution is -0.143. The molecule has 0 amide bonds. The van der Waals surface area contributed by atoms with Crippen molar-refractivity contribution in [2.45, 2.75) is 31.9 Å². The molecule has 18 heavy (non-hydrogen) atoms. The van der Waals surface area contributed by atoms with Gasteiger partial charge in [-0.2, -0.15) is 0 Å². The highest BCUT2D eigenvalue weighted by Crippen LogP contribution is 2.15. The normalized spacial score (nSPS) is 13.1. The van der Waals surface area contributed by atoms with Crippen LogP contribution < -0.4 is 5.32 Å². The number of carbonyl (C=O) groups is 1. The second kappa shape index (κ2) is 6.52. The molecule has 0 spiro atoms. The van der Waals surface area contributed by atoms with Gasteiger partial charge in [0.2, 0.25) is 0 Å². The summed E-state index contributed by atoms with van der Waals surface area (Å²) >= 11 is 0. The average Bonchev–Trinajstić information content (AvgIpc) is 2.33. The van der Waals surface area contributed by atoms with E-state index in [-0.39, 0.29) is 5.97 Å². The van der Waals surface area contributed by atoms with Gasteiger partial charge >= 0.3 is 5.97 Å². The first kappa shape index (κ1) is 14.7. The molecule has 1 rings (SSSR count). The fourth-order valence-corrected chi connectivity index (χ4v) is 1.62. The fraction of sp³-hybridized carbons (Fsp3) is 0.500. The predicted octanol–water partition coefficient (Wildman–Crippen LogP) is 1.65. The second-order valence-electron chi connectivity index (χ2n) is 4.88. The van der Waals surface area contributed by atoms with E-state index in [1.54, 1.807) is 13.8 Å². The summed E-state index contributed by atoms with van der Waals surface area (Å²) < 4.78 is 4.79. The maximum absolute atomic E-state index is 11.7. The van der Waals surface area contributed by atoms with E-state index in [2.05, 4.69) is 5.32 Å². The van der Waals surface area contributed by atoms with Crippen molar-refractivity contribution >= 4 is 5.97 Å². The Hall–Kier alpha value is -1.39. The summed E-state index contributed by atoms with van der Waals surface area (Å²) in [4.78, 5) is 11.7. The monoisotopic (exact) mass is 251 g/mol. The zero-order chi connectivity index (χ0) is 13.6. The molecule has 0 heterocycles. The minimum absolute atomic E-state index is 0.322. The lowest BCUT2D eigenvalue weighted by Gasteiger charge is -2.21. The van der Waals surface area contributed by atoms with Gasteiger partial charge < -0.3 is 15.2 Å². The van der Waals surface area contributed by atoms with Gasteiger partial charge in [-0.15, -0.1) is 0 Å². The van der Waals surface area contributed by atoms with Crippen LogP contribution in [0.2, 0.25) is 0 Å². The molecule has 1 atom stereocenters. The Bertz CT molecular complexity index is 370. The Labute approximate surface area is 108 Å². The quantitative estimate of drug-likeness (QED) is 0.755. The Morgan fingerprint density at radius 3 is 2.50 bits per heavy atom. The van der Waals surface area contributed by atoms with E-state index in [0.29, 0.717) is 13.0 Å². The molecule has 4 heteroatoms. The minimum Gasteiger partial charge on any atom is -0.468 e. The number of benzene rings is 1. The Morgan fingerprint density at radius 1 is 1.39 bits per heavy atom. The van der Waals surface area contributed by atoms with E-state index in [1.807, 2.05) is 30.3 Å². The van der Waals surface area contributed by atoms with E-state index in [9.17, 15) is 9.90 Å². The van der Waals surface area contributed by atoms with Gasteiger partial charge in [-0.05, 0) is 32.4 Å². The maximum Gasteiger partial charge on any atom is 0.327 e. The van der Waals surface area contributed by atoms with Crippen LogP contribution in [0.1, 0.15) is 31.9 Å². The number of ether oxygens (including phenoxy) is 1. The average molecular weight is 251 g/mol. The van der Waals surface area contributed by atoms with Crippen LogP contribution in [0.15, 0.2) is 30.3 Å². The summed E-state index contributed by atoms with van der Waals surface area (Å²) in [6.45, 7) is 4.02. The summed E-state index contributed by atoms with van der Waals surface area (Å²) in [6, 6.07) is 8.91. The molecule has 1 aromatic carbocycles. The van der Waals surface area contributed by atoms with Gasteiger partial charge in [0.05, 0.1) is 12.7 Å². The molecule has 0 aromatic heterocycles. The third-order valence-electron chi connectivity index (χ3n) is 2.66. The minimum atomic E-state index is -0.746. The maximum atomic E-state index is 11.7. The number of methoxy groups -OCH3 is 1. The molecule has 0 aliphatic carbocycles. The SMILES string of the molecule is COC(=O)C(NCCC(C)(C)O)c1ccccc1. The van der Waals surface area contributed by atoms with Crippen molar-refractivity contribution in [3.8, 4) is 0 Å². The van der Waals surface area contributed by atoms with E-state index in [1.165, 1.54) is 7.11 Å². The molecule has 1 aromatic rings. The molecule has 1 unspecified atom stereocenters. The molecule has 0 aliphatic rings. The molecule has 4 nitrogen and oxygen atoms in total. The van der Waals surface area contributed by atoms with Gasteiger partial charge in [0.25, 0.3) is 0 Å². The highest BCUT2D eigenvalue weighted by molar-refractivity contribution is 5.77. The van der Waals surface area contributed by atoms with Crippen molar-refractivity contribution in [1.29, 1.82) is 0 Å². The number of rotatable bonds is 6. The number of aliphatic hydroxyl groups is 1. The van der Waals surface area contributed by atoms with Crippen LogP contribution in [0.4, 0.5) is 0 Å². The molecule has 0 bridgehead atoms. The summed E-state index contributed by atoms with van der Waals surface area (Å²) in [5.41, 5.74) is 0.116. The number of carbonyl (C=O) groups excluding carboxylic acids is 1. The van der Waals surface area contributed by atoms with Gasteiger partial charge in [-0.25, -0.2) is 4.79 Å². The third kappa shape index (κ3) is 4.85. The van der Waals surface area contributed by atoms with Gasteiger partial charge in [0, 0.05) is 0 Å². The van der Waals surface area contributed by atoms with Crippen LogP contribution in [0, 0.1) is 0 Å². The number of hydrogen-bond donors (Lipinski definition) is 2. The van der Waals surface area contributed by atoms with Crippen LogP contribution in [0.25, 0.3) is 0 Å². The van der Waals surface area contributed by atoms with Crippen LogP contribution in [0.3, 0.4) is 0 Å². The molecule has 0 fully saturated rings. The molecule has 0 aliphatic heterocycles. The van der Waals surface area contributed by atoms with Crippen molar-refractivity contribution in [3.63, 3.8) is 0 Å². The topological polar surface area (TPSA) is 58.6 Å². The first-order chi connectivity index (χ1) is 8.44. The Balaban J connectivity index is 2.66. The summed E-state index contributed by atoms with van der Waals surface area (Å²) in [7, 11) is 1.37. The lowest BCUT2D eigenvalue weighted by atomic mass is 10.0. The zero-order valence-electron chi connectivity index (χ0n) is 11.1. The van der Waals surface area contributed by atoms with Gasteiger partial charge in [0.1, 0.15) is 6.04 Å². The number of hydrogen-bond acceptors (Lipinski definition) is 4. The first-order valence-electron chi connectivity index (χ1n) is 6.02. The number of esters is 1. The zero-order valence-corrected chi connectivity index (χ0v) is 11.1. The smallest absolute Gasteiger partial charge is 0.327 e. The van der Waals surface area contributed by atoms with E-state index >= 15 is 0 Å². The third-order valence-corrected chi connectivity index (χ3v) is 2.66. The first-order valence-corrected chi connectivity index (χ1v) is 6.02. The highest BCUT2D eigenvalue weighted by Gasteiger charge is 2.21. The molecule has 0 saturated heterocycles. The lowest BCUT2D eigenvalue weighted by Crippen LogP contribution is -2.33. The van der Waals surface area contributed by atoms with Gasteiger partial charge in [0.15, 0.2) is 0 Å². The predicted molar refractivity (Wildman–Crippen MR) is 70.1 cm³/mol. The highest BCUT2D eigenvalue weighted by atomic mass is 16.5. The standard InChI is InChI=1S/C14H21NO3/c1-14(2,17)9-10-15-12(13(16)18-3)11-7-5-4-6-8-11/h4-8,12,15,17H,9-10H2,1-3H3. The molecule has 2 N–H and O–H groups in total. The van der Waals surface area contributed by atoms with Crippen LogP contribution in [0.5, 0.6) is 0 Å². The van der Waals surface area contributed by atoms with Crippen molar-refractivity contribution in [2.75, 3.05) is 13.7 Å². The Morgan fingerprint density at radius 2 is 2.00 bits per heavy atom. The summed E-state index contributed by atoms with van der Waals surface area (Å²) in [5.74, 6) is -0.322. The van der Waals surface area contributed by atoms with Gasteiger partial charge in [-0.1, -0.05) is 30.3 Å². The van der Waals surface area contributed by atoms with Crippen molar-refractivity contribution in [2.24, 2.45) is 0 Å². The molecular weight excluding hydrogens is 230 g/mol. The van der Waals surface area contributed by atoms with Crippen LogP contribution >= 0.6 is 0 Å². The van der Waals surface area contributed by atoms with Gasteiger partial charge in [-0.3, -0.25) is 0 Å². The van der Waals surface area contributed by atoms with Crippen molar-refractivity contribution in [1.82, 2.24) is 5.32 Å². The molecule has 100 valence electrons. The van der Waals surface area contributed by atoms with E-state index in [4.69, 9.17) is 4.74 Å². The van der Waals surface area contributed by atoms with Crippen LogP contribution in [-0.4, -0.2) is 30.3 Å². The van der Waals surface area contributed by atoms with Crippen LogP contribution in [-0.2, 0) is 9.53 Å². The van der Waals surface area contributed by atoms with E-state index in [0.717, 1.165) is 5.56 Å². The Kier molecular flexibility index (Phi) is 5.31. The summed E-state index contributed by atoms with van der Waals surface area (Å²) in [5, 5.41) is 12.7. The molecular formula is C14H21NO3. The largest absolute Gasteiger partial charge is 0.468 e. The molecule has 0 radical (unpaired) electrons. The summed E-state index contributed by atoms with van der Waals surface area (Å²) in [6.07, 6.45) is 0.563. The molecule has 0 saturated carbocycles. The fourth-order valence-electron chi connectivity index (χ4n) is 1.62. The van der Waals surface area contributed by atoms with E-state index < -0.39 is 11.6 Å². The van der Waals surface area contributed by atoms with Crippen molar-refractivity contribution < 1.29 is 14.6 Å².